The third-order valence-corrected chi connectivity index (χ3v) is 2.96. The summed E-state index contributed by atoms with van der Waals surface area (Å²) in [4.78, 5) is 14.5. The summed E-state index contributed by atoms with van der Waals surface area (Å²) in [5.41, 5.74) is -0.249. The Kier molecular flexibility index (Phi) is 1.97. The van der Waals surface area contributed by atoms with Gasteiger partial charge in [-0.2, -0.15) is 5.10 Å². The fourth-order valence-electron chi connectivity index (χ4n) is 1.87. The SMILES string of the molecule is [2H]C([2H])([2H])Oc1c(-c2ncn(C3CC3)n2)cccc1[N+](=O)[O-]. The van der Waals surface area contributed by atoms with Crippen molar-refractivity contribution in [3.8, 4) is 17.1 Å². The second kappa shape index (κ2) is 4.34. The van der Waals surface area contributed by atoms with Gasteiger partial charge in [-0.3, -0.25) is 10.1 Å². The molecule has 0 unspecified atom stereocenters. The first kappa shape index (κ1) is 8.63. The Balaban J connectivity index is 2.08. The highest BCUT2D eigenvalue weighted by molar-refractivity contribution is 5.70. The third kappa shape index (κ3) is 2.03. The van der Waals surface area contributed by atoms with Gasteiger partial charge in [-0.15, -0.1) is 0 Å². The molecule has 19 heavy (non-hydrogen) atoms. The molecule has 0 spiro atoms. The minimum Gasteiger partial charge on any atom is -0.490 e. The lowest BCUT2D eigenvalue weighted by Gasteiger charge is -2.05. The first-order valence-corrected chi connectivity index (χ1v) is 5.73. The molecule has 0 amide bonds. The van der Waals surface area contributed by atoms with Crippen LogP contribution < -0.4 is 4.74 Å². The zero-order valence-electron chi connectivity index (χ0n) is 12.8. The summed E-state index contributed by atoms with van der Waals surface area (Å²) in [5, 5.41) is 15.4. The third-order valence-electron chi connectivity index (χ3n) is 2.96. The number of para-hydroxylation sites is 1. The molecule has 7 nitrogen and oxygen atoms in total. The minimum atomic E-state index is -2.81. The second-order valence-electron chi connectivity index (χ2n) is 4.29. The Hall–Kier alpha value is -2.44. The number of benzene rings is 1. The van der Waals surface area contributed by atoms with E-state index in [-0.39, 0.29) is 17.1 Å². The molecular weight excluding hydrogens is 248 g/mol. The van der Waals surface area contributed by atoms with Crippen LogP contribution in [0.25, 0.3) is 11.4 Å². The molecule has 1 aliphatic carbocycles. The van der Waals surface area contributed by atoms with Gasteiger partial charge in [-0.05, 0) is 18.9 Å². The van der Waals surface area contributed by atoms with Crippen LogP contribution in [0, 0.1) is 10.1 Å². The quantitative estimate of drug-likeness (QED) is 0.623. The minimum absolute atomic E-state index is 0.185. The van der Waals surface area contributed by atoms with Gasteiger partial charge in [0.15, 0.2) is 5.82 Å². The largest absolute Gasteiger partial charge is 0.490 e. The van der Waals surface area contributed by atoms with Gasteiger partial charge in [0.25, 0.3) is 0 Å². The van der Waals surface area contributed by atoms with E-state index in [9.17, 15) is 10.1 Å². The lowest BCUT2D eigenvalue weighted by Crippen LogP contribution is -1.98. The highest BCUT2D eigenvalue weighted by atomic mass is 16.6. The van der Waals surface area contributed by atoms with Gasteiger partial charge >= 0.3 is 5.69 Å². The van der Waals surface area contributed by atoms with Crippen LogP contribution in [0.5, 0.6) is 5.75 Å². The molecule has 0 aliphatic heterocycles. The van der Waals surface area contributed by atoms with Crippen LogP contribution in [0.2, 0.25) is 0 Å². The summed E-state index contributed by atoms with van der Waals surface area (Å²) in [7, 11) is -2.81. The van der Waals surface area contributed by atoms with Crippen molar-refractivity contribution in [1.29, 1.82) is 0 Å². The Morgan fingerprint density at radius 3 is 3.11 bits per heavy atom. The molecule has 1 fully saturated rings. The summed E-state index contributed by atoms with van der Waals surface area (Å²) in [6, 6.07) is 4.42. The van der Waals surface area contributed by atoms with Crippen molar-refractivity contribution >= 4 is 5.69 Å². The van der Waals surface area contributed by atoms with Gasteiger partial charge in [0, 0.05) is 6.07 Å². The summed E-state index contributed by atoms with van der Waals surface area (Å²) in [6.07, 6.45) is 3.55. The lowest BCUT2D eigenvalue weighted by atomic mass is 10.1. The van der Waals surface area contributed by atoms with E-state index < -0.39 is 17.6 Å². The number of hydrogen-bond acceptors (Lipinski definition) is 5. The van der Waals surface area contributed by atoms with Crippen LogP contribution in [-0.2, 0) is 0 Å². The Morgan fingerprint density at radius 2 is 2.42 bits per heavy atom. The number of nitro benzene ring substituents is 1. The van der Waals surface area contributed by atoms with Crippen LogP contribution >= 0.6 is 0 Å². The smallest absolute Gasteiger partial charge is 0.311 e. The van der Waals surface area contributed by atoms with Crippen molar-refractivity contribution in [2.45, 2.75) is 18.9 Å². The van der Waals surface area contributed by atoms with Crippen LogP contribution in [-0.4, -0.2) is 26.7 Å². The van der Waals surface area contributed by atoms with Gasteiger partial charge < -0.3 is 4.74 Å². The van der Waals surface area contributed by atoms with E-state index in [1.165, 1.54) is 24.5 Å². The maximum Gasteiger partial charge on any atom is 0.311 e. The zero-order chi connectivity index (χ0) is 15.9. The van der Waals surface area contributed by atoms with Gasteiger partial charge in [0.1, 0.15) is 6.33 Å². The average Bonchev–Trinajstić information content (AvgIpc) is 3.15. The lowest BCUT2D eigenvalue weighted by molar-refractivity contribution is -0.385. The molecule has 2 aromatic rings. The summed E-state index contributed by atoms with van der Waals surface area (Å²) < 4.78 is 28.1. The molecule has 98 valence electrons. The monoisotopic (exact) mass is 263 g/mol. The molecule has 0 atom stereocenters. The number of methoxy groups -OCH3 is 1. The second-order valence-corrected chi connectivity index (χ2v) is 4.29. The molecule has 1 aromatic carbocycles. The Morgan fingerprint density at radius 1 is 1.58 bits per heavy atom. The first-order chi connectivity index (χ1) is 10.3. The van der Waals surface area contributed by atoms with Crippen LogP contribution in [0.1, 0.15) is 23.0 Å². The standard InChI is InChI=1S/C12H12N4O3/c1-19-11-9(3-2-4-10(11)16(17)18)12-13-7-15(14-12)8-5-6-8/h2-4,7-8H,5-6H2,1H3/i1D3. The molecule has 0 N–H and O–H groups in total. The van der Waals surface area contributed by atoms with Crippen molar-refractivity contribution < 1.29 is 13.8 Å². The van der Waals surface area contributed by atoms with E-state index in [0.29, 0.717) is 6.04 Å². The van der Waals surface area contributed by atoms with E-state index in [0.717, 1.165) is 12.8 Å². The van der Waals surface area contributed by atoms with Crippen molar-refractivity contribution in [3.05, 3.63) is 34.6 Å². The number of aromatic nitrogens is 3. The van der Waals surface area contributed by atoms with Gasteiger partial charge in [-0.1, -0.05) is 6.07 Å². The predicted molar refractivity (Wildman–Crippen MR) is 66.9 cm³/mol. The molecule has 1 heterocycles. The molecule has 0 saturated heterocycles. The van der Waals surface area contributed by atoms with Gasteiger partial charge in [-0.25, -0.2) is 9.67 Å². The van der Waals surface area contributed by atoms with Crippen molar-refractivity contribution in [1.82, 2.24) is 14.8 Å². The van der Waals surface area contributed by atoms with Crippen LogP contribution in [0.4, 0.5) is 5.69 Å². The number of hydrogen-bond donors (Lipinski definition) is 0. The van der Waals surface area contributed by atoms with E-state index in [2.05, 4.69) is 10.1 Å². The molecule has 3 rings (SSSR count). The highest BCUT2D eigenvalue weighted by Gasteiger charge is 2.26. The number of nitro groups is 1. The van der Waals surface area contributed by atoms with Gasteiger partial charge in [0.2, 0.25) is 5.75 Å². The van der Waals surface area contributed by atoms with E-state index in [1.807, 2.05) is 0 Å². The number of rotatable bonds is 4. The summed E-state index contributed by atoms with van der Waals surface area (Å²) >= 11 is 0. The zero-order valence-corrected chi connectivity index (χ0v) is 9.81. The summed E-state index contributed by atoms with van der Waals surface area (Å²) in [6.45, 7) is 0. The van der Waals surface area contributed by atoms with Crippen LogP contribution in [0.15, 0.2) is 24.5 Å². The molecule has 0 bridgehead atoms. The van der Waals surface area contributed by atoms with Crippen LogP contribution in [0.3, 0.4) is 0 Å². The molecule has 1 aliphatic rings. The average molecular weight is 263 g/mol. The Labute approximate surface area is 113 Å². The molecule has 1 saturated carbocycles. The molecule has 1 aromatic heterocycles. The van der Waals surface area contributed by atoms with E-state index in [1.54, 1.807) is 4.68 Å². The highest BCUT2D eigenvalue weighted by Crippen LogP contribution is 2.38. The molecule has 0 radical (unpaired) electrons. The normalized spacial score (nSPS) is 17.4. The fourth-order valence-corrected chi connectivity index (χ4v) is 1.87. The maximum atomic E-state index is 11.1. The fraction of sp³-hybridized carbons (Fsp3) is 0.333. The molecular formula is C12H12N4O3. The number of nitrogens with zero attached hydrogens (tertiary/aromatic N) is 4. The maximum absolute atomic E-state index is 11.1. The van der Waals surface area contributed by atoms with Crippen molar-refractivity contribution in [3.63, 3.8) is 0 Å². The van der Waals surface area contributed by atoms with Gasteiger partial charge in [0.05, 0.1) is 27.7 Å². The molecule has 7 heteroatoms. The van der Waals surface area contributed by atoms with Crippen molar-refractivity contribution in [2.75, 3.05) is 7.04 Å². The topological polar surface area (TPSA) is 83.1 Å². The van der Waals surface area contributed by atoms with Crippen molar-refractivity contribution in [2.24, 2.45) is 0 Å². The van der Waals surface area contributed by atoms with E-state index in [4.69, 9.17) is 8.85 Å². The first-order valence-electron chi connectivity index (χ1n) is 7.23. The predicted octanol–water partition coefficient (Wildman–Crippen LogP) is 2.20. The number of ether oxygens (including phenoxy) is 1. The van der Waals surface area contributed by atoms with E-state index >= 15 is 0 Å². The Bertz CT molecular complexity index is 725. The summed E-state index contributed by atoms with van der Waals surface area (Å²) in [5.74, 6) is -0.143.